The van der Waals surface area contributed by atoms with Crippen molar-refractivity contribution in [2.24, 2.45) is 4.99 Å². The molecule has 17 nitrogen and oxygen atoms in total. The molecule has 2 atom stereocenters. The summed E-state index contributed by atoms with van der Waals surface area (Å²) in [6, 6.07) is 11.1. The molecule has 1 aliphatic rings. The smallest absolute Gasteiger partial charge is 0.436 e. The van der Waals surface area contributed by atoms with E-state index in [4.69, 9.17) is 18.9 Å². The van der Waals surface area contributed by atoms with Gasteiger partial charge in [-0.05, 0) is 86.8 Å². The minimum Gasteiger partial charge on any atom is -0.466 e. The number of aromatic nitrogens is 1. The molecular weight excluding hydrogens is 797 g/mol. The summed E-state index contributed by atoms with van der Waals surface area (Å²) in [6.07, 6.45) is -2.78. The number of carbonyl (C=O) groups excluding carboxylic acids is 5. The average molecular weight is 851 g/mol. The third kappa shape index (κ3) is 14.3. The largest absolute Gasteiger partial charge is 0.466 e. The zero-order chi connectivity index (χ0) is 44.6. The van der Waals surface area contributed by atoms with Crippen LogP contribution in [0.25, 0.3) is 0 Å². The van der Waals surface area contributed by atoms with E-state index in [-0.39, 0.29) is 49.0 Å². The van der Waals surface area contributed by atoms with Crippen LogP contribution in [-0.4, -0.2) is 86.2 Å². The van der Waals surface area contributed by atoms with Crippen LogP contribution in [0.2, 0.25) is 0 Å². The number of nitro benzene ring substituents is 1. The number of ketones is 1. The summed E-state index contributed by atoms with van der Waals surface area (Å²) in [5, 5.41) is 18.6. The van der Waals surface area contributed by atoms with Crippen molar-refractivity contribution in [1.82, 2.24) is 20.5 Å². The summed E-state index contributed by atoms with van der Waals surface area (Å²) >= 11 is 1.40. The first-order chi connectivity index (χ1) is 27.9. The van der Waals surface area contributed by atoms with E-state index in [2.05, 4.69) is 20.6 Å². The summed E-state index contributed by atoms with van der Waals surface area (Å²) < 4.78 is 21.6. The molecule has 324 valence electrons. The van der Waals surface area contributed by atoms with Gasteiger partial charge in [0.05, 0.1) is 35.7 Å². The van der Waals surface area contributed by atoms with Gasteiger partial charge in [-0.25, -0.2) is 19.4 Å². The highest BCUT2D eigenvalue weighted by Gasteiger charge is 2.37. The quantitative estimate of drug-likeness (QED) is 0.0469. The summed E-state index contributed by atoms with van der Waals surface area (Å²) in [5.41, 5.74) is -0.816. The first-order valence-corrected chi connectivity index (χ1v) is 20.3. The summed E-state index contributed by atoms with van der Waals surface area (Å²) in [5.74, 6) is -0.930. The van der Waals surface area contributed by atoms with E-state index < -0.39 is 57.9 Å². The minimum atomic E-state index is -1.13. The number of nitro groups is 1. The predicted molar refractivity (Wildman–Crippen MR) is 223 cm³/mol. The Balaban J connectivity index is 1.64. The molecule has 18 heteroatoms. The molecule has 0 saturated carbocycles. The fourth-order valence-electron chi connectivity index (χ4n) is 5.82. The molecule has 0 aliphatic carbocycles. The number of amides is 3. The van der Waals surface area contributed by atoms with E-state index in [0.29, 0.717) is 34.0 Å². The number of rotatable bonds is 12. The van der Waals surface area contributed by atoms with Crippen molar-refractivity contribution < 1.29 is 47.8 Å². The number of ether oxygens (including phenoxy) is 4. The Labute approximate surface area is 353 Å². The third-order valence-electron chi connectivity index (χ3n) is 8.32. The molecule has 0 bridgehead atoms. The molecule has 60 heavy (non-hydrogen) atoms. The van der Waals surface area contributed by atoms with E-state index in [9.17, 15) is 34.1 Å². The lowest BCUT2D eigenvalue weighted by Crippen LogP contribution is -2.51. The van der Waals surface area contributed by atoms with E-state index in [1.165, 1.54) is 23.5 Å². The van der Waals surface area contributed by atoms with Crippen LogP contribution in [0.1, 0.15) is 102 Å². The van der Waals surface area contributed by atoms with E-state index in [1.807, 2.05) is 0 Å². The molecule has 2 heterocycles. The second-order valence-electron chi connectivity index (χ2n) is 17.0. The molecule has 3 aromatic rings. The van der Waals surface area contributed by atoms with Crippen molar-refractivity contribution in [2.75, 3.05) is 6.61 Å². The van der Waals surface area contributed by atoms with Crippen LogP contribution < -0.4 is 10.6 Å². The number of thiazole rings is 1. The van der Waals surface area contributed by atoms with Crippen molar-refractivity contribution in [3.63, 3.8) is 0 Å². The second kappa shape index (κ2) is 19.6. The van der Waals surface area contributed by atoms with Crippen molar-refractivity contribution in [1.29, 1.82) is 0 Å². The van der Waals surface area contributed by atoms with Crippen LogP contribution in [0.5, 0.6) is 0 Å². The van der Waals surface area contributed by atoms with Gasteiger partial charge in [0.25, 0.3) is 5.69 Å². The number of benzene rings is 2. The van der Waals surface area contributed by atoms with Gasteiger partial charge in [0, 0.05) is 42.1 Å². The number of nitrogens with one attached hydrogen (secondary N) is 2. The number of aliphatic imine (C=N–C) groups is 1. The van der Waals surface area contributed by atoms with Crippen molar-refractivity contribution >= 4 is 52.9 Å². The Morgan fingerprint density at radius 1 is 0.900 bits per heavy atom. The molecule has 2 aromatic carbocycles. The molecular formula is C42H54N6O11S. The number of esters is 1. The normalized spacial score (nSPS) is 15.0. The number of Topliss-reactive ketones (excluding diaryl/α,β-unsaturated/α-hetero) is 1. The van der Waals surface area contributed by atoms with Gasteiger partial charge in [-0.15, -0.1) is 11.3 Å². The number of hydrogen-bond acceptors (Lipinski definition) is 15. The van der Waals surface area contributed by atoms with Gasteiger partial charge in [0.1, 0.15) is 21.8 Å². The first-order valence-electron chi connectivity index (χ1n) is 19.4. The van der Waals surface area contributed by atoms with Crippen LogP contribution >= 0.6 is 11.3 Å². The molecule has 0 saturated heterocycles. The average Bonchev–Trinajstić information content (AvgIpc) is 3.52. The number of amidine groups is 1. The fourth-order valence-corrected chi connectivity index (χ4v) is 6.86. The molecule has 0 spiro atoms. The van der Waals surface area contributed by atoms with E-state index in [0.717, 1.165) is 10.6 Å². The lowest BCUT2D eigenvalue weighted by atomic mass is 9.93. The Bertz CT molecular complexity index is 2050. The van der Waals surface area contributed by atoms with Crippen LogP contribution in [0.3, 0.4) is 0 Å². The topological polar surface area (TPSA) is 218 Å². The Kier molecular flexibility index (Phi) is 15.4. The molecule has 1 aromatic heterocycles. The SMILES string of the molecule is CCOC(=O)Cc1nc2c(s1)CNC(C(=O)[C@H](Cc1ccc([N+](=O)[O-])cc1)NCc1ccc(C(=NC(=O)OC(C)(C)C)N(C(=O)OC(C)(C)C)C(=O)OC(C)(C)C)cc1)C2. The number of nitrogens with zero attached hydrogens (tertiary/aromatic N) is 4. The second-order valence-corrected chi connectivity index (χ2v) is 18.1. The lowest BCUT2D eigenvalue weighted by molar-refractivity contribution is -0.384. The standard InChI is InChI=1S/C42H54N6O11S/c1-11-56-34(49)22-33-45-29-21-31(44-24-32(29)60-33)35(50)30(20-25-14-18-28(19-15-25)48(54)55)43-23-26-12-16-27(17-13-26)36(46-37(51)57-40(2,3)4)47(38(52)58-41(5,6)7)39(53)59-42(8,9)10/h12-19,30-31,43-44H,11,20-24H2,1-10H3/t30-,31?/m0/s1. The molecule has 1 aliphatic heterocycles. The monoisotopic (exact) mass is 850 g/mol. The van der Waals surface area contributed by atoms with Gasteiger partial charge in [-0.3, -0.25) is 19.7 Å². The maximum absolute atomic E-state index is 14.2. The van der Waals surface area contributed by atoms with Crippen LogP contribution in [0, 0.1) is 10.1 Å². The van der Waals surface area contributed by atoms with Crippen molar-refractivity contribution in [2.45, 2.75) is 130 Å². The highest BCUT2D eigenvalue weighted by atomic mass is 32.1. The first kappa shape index (κ1) is 47.1. The maximum atomic E-state index is 14.2. The van der Waals surface area contributed by atoms with E-state index >= 15 is 0 Å². The predicted octanol–water partition coefficient (Wildman–Crippen LogP) is 7.00. The molecule has 0 radical (unpaired) electrons. The van der Waals surface area contributed by atoms with Gasteiger partial charge < -0.3 is 29.6 Å². The van der Waals surface area contributed by atoms with Crippen LogP contribution in [0.4, 0.5) is 20.1 Å². The maximum Gasteiger partial charge on any atom is 0.436 e. The zero-order valence-corrected chi connectivity index (χ0v) is 36.5. The van der Waals surface area contributed by atoms with Crippen molar-refractivity contribution in [3.8, 4) is 0 Å². The number of imide groups is 1. The molecule has 1 unspecified atom stereocenters. The Morgan fingerprint density at radius 3 is 2.00 bits per heavy atom. The molecule has 4 rings (SSSR count). The van der Waals surface area contributed by atoms with Gasteiger partial charge in [0.2, 0.25) is 0 Å². The molecule has 0 fully saturated rings. The van der Waals surface area contributed by atoms with Gasteiger partial charge in [-0.1, -0.05) is 36.4 Å². The van der Waals surface area contributed by atoms with Gasteiger partial charge >= 0.3 is 24.2 Å². The van der Waals surface area contributed by atoms with Crippen molar-refractivity contribution in [3.05, 3.63) is 90.9 Å². The van der Waals surface area contributed by atoms with Gasteiger partial charge in [-0.2, -0.15) is 9.89 Å². The number of non-ortho nitro benzene ring substituents is 1. The summed E-state index contributed by atoms with van der Waals surface area (Å²) in [6.45, 7) is 17.2. The molecule has 2 N–H and O–H groups in total. The Hall–Kier alpha value is -5.59. The number of carbonyl (C=O) groups is 5. The lowest BCUT2D eigenvalue weighted by Gasteiger charge is -2.29. The highest BCUT2D eigenvalue weighted by Crippen LogP contribution is 2.26. The van der Waals surface area contributed by atoms with Crippen LogP contribution in [0.15, 0.2) is 53.5 Å². The minimum absolute atomic E-state index is 0.0433. The molecule has 3 amide bonds. The number of hydrogen-bond donors (Lipinski definition) is 2. The third-order valence-corrected chi connectivity index (χ3v) is 9.42. The number of fused-ring (bicyclic) bond motifs is 1. The highest BCUT2D eigenvalue weighted by molar-refractivity contribution is 7.11. The van der Waals surface area contributed by atoms with E-state index in [1.54, 1.807) is 106 Å². The Morgan fingerprint density at radius 2 is 1.47 bits per heavy atom. The fraction of sp³-hybridized carbons (Fsp3) is 0.500. The zero-order valence-electron chi connectivity index (χ0n) is 35.7. The van der Waals surface area contributed by atoms with Gasteiger partial charge in [0.15, 0.2) is 11.6 Å². The summed E-state index contributed by atoms with van der Waals surface area (Å²) in [4.78, 5) is 87.6. The van der Waals surface area contributed by atoms with Crippen LogP contribution in [-0.2, 0) is 60.9 Å². The summed E-state index contributed by atoms with van der Waals surface area (Å²) in [7, 11) is 0.